The number of ether oxygens (including phenoxy) is 2. The fourth-order valence-electron chi connectivity index (χ4n) is 2.90. The molecule has 1 aliphatic carbocycles. The van der Waals surface area contributed by atoms with Crippen molar-refractivity contribution in [3.05, 3.63) is 23.3 Å². The molecule has 0 amide bonds. The lowest BCUT2D eigenvalue weighted by atomic mass is 9.85. The van der Waals surface area contributed by atoms with Gasteiger partial charge in [-0.2, -0.15) is 0 Å². The summed E-state index contributed by atoms with van der Waals surface area (Å²) in [5.41, 5.74) is 8.84. The lowest BCUT2D eigenvalue weighted by Gasteiger charge is -2.28. The van der Waals surface area contributed by atoms with Crippen LogP contribution in [0.15, 0.2) is 12.1 Å². The summed E-state index contributed by atoms with van der Waals surface area (Å²) in [7, 11) is 0. The maximum atomic E-state index is 6.17. The standard InChI is InChI=1S/C14H19NO2/c1-9-3-4-11-13(17-8-7-16-11)12(9)14(5-6-14)10(2)15/h3-4,10H,5-8,15H2,1-2H3. The van der Waals surface area contributed by atoms with E-state index in [0.717, 1.165) is 24.3 Å². The Bertz CT molecular complexity index is 450. The monoisotopic (exact) mass is 233 g/mol. The Morgan fingerprint density at radius 3 is 2.59 bits per heavy atom. The van der Waals surface area contributed by atoms with Crippen LogP contribution in [-0.2, 0) is 5.41 Å². The van der Waals surface area contributed by atoms with Crippen LogP contribution in [0.3, 0.4) is 0 Å². The molecule has 1 aromatic carbocycles. The van der Waals surface area contributed by atoms with Crippen LogP contribution in [0.5, 0.6) is 11.5 Å². The molecule has 3 rings (SSSR count). The Morgan fingerprint density at radius 2 is 1.94 bits per heavy atom. The average molecular weight is 233 g/mol. The lowest BCUT2D eigenvalue weighted by molar-refractivity contribution is 0.168. The van der Waals surface area contributed by atoms with Gasteiger partial charge >= 0.3 is 0 Å². The summed E-state index contributed by atoms with van der Waals surface area (Å²) < 4.78 is 11.5. The highest BCUT2D eigenvalue weighted by atomic mass is 16.6. The van der Waals surface area contributed by atoms with Gasteiger partial charge in [0, 0.05) is 17.0 Å². The summed E-state index contributed by atoms with van der Waals surface area (Å²) in [6.45, 7) is 5.50. The minimum absolute atomic E-state index is 0.121. The molecule has 0 saturated heterocycles. The van der Waals surface area contributed by atoms with Gasteiger partial charge in [-0.1, -0.05) is 6.07 Å². The van der Waals surface area contributed by atoms with E-state index in [-0.39, 0.29) is 11.5 Å². The Morgan fingerprint density at radius 1 is 1.24 bits per heavy atom. The summed E-state index contributed by atoms with van der Waals surface area (Å²) in [6, 6.07) is 4.29. The van der Waals surface area contributed by atoms with Crippen molar-refractivity contribution >= 4 is 0 Å². The zero-order chi connectivity index (χ0) is 12.0. The van der Waals surface area contributed by atoms with Crippen LogP contribution in [0.1, 0.15) is 30.9 Å². The van der Waals surface area contributed by atoms with Crippen LogP contribution in [-0.4, -0.2) is 19.3 Å². The maximum absolute atomic E-state index is 6.17. The Balaban J connectivity index is 2.15. The average Bonchev–Trinajstić information content (AvgIpc) is 3.10. The Labute approximate surface area is 102 Å². The third-order valence-electron chi connectivity index (χ3n) is 4.08. The van der Waals surface area contributed by atoms with Crippen LogP contribution in [0, 0.1) is 6.92 Å². The van der Waals surface area contributed by atoms with E-state index in [1.165, 1.54) is 11.1 Å². The van der Waals surface area contributed by atoms with Gasteiger partial charge < -0.3 is 15.2 Å². The molecule has 17 heavy (non-hydrogen) atoms. The van der Waals surface area contributed by atoms with E-state index in [0.29, 0.717) is 13.2 Å². The van der Waals surface area contributed by atoms with Gasteiger partial charge in [-0.05, 0) is 38.3 Å². The summed E-state index contributed by atoms with van der Waals surface area (Å²) in [5.74, 6) is 1.81. The first kappa shape index (κ1) is 10.9. The molecule has 3 heteroatoms. The SMILES string of the molecule is Cc1ccc2c(c1C1(C(C)N)CC1)OCCO2. The van der Waals surface area contributed by atoms with Crippen molar-refractivity contribution in [1.82, 2.24) is 0 Å². The number of hydrogen-bond donors (Lipinski definition) is 1. The first-order chi connectivity index (χ1) is 8.15. The predicted molar refractivity (Wildman–Crippen MR) is 66.7 cm³/mol. The third-order valence-corrected chi connectivity index (χ3v) is 4.08. The minimum atomic E-state index is 0.121. The van der Waals surface area contributed by atoms with Crippen molar-refractivity contribution in [3.8, 4) is 11.5 Å². The van der Waals surface area contributed by atoms with Crippen molar-refractivity contribution in [1.29, 1.82) is 0 Å². The maximum Gasteiger partial charge on any atom is 0.165 e. The largest absolute Gasteiger partial charge is 0.486 e. The molecule has 1 atom stereocenters. The number of fused-ring (bicyclic) bond motifs is 1. The molecule has 3 nitrogen and oxygen atoms in total. The molecular weight excluding hydrogens is 214 g/mol. The number of aryl methyl sites for hydroxylation is 1. The summed E-state index contributed by atoms with van der Waals surface area (Å²) in [4.78, 5) is 0. The van der Waals surface area contributed by atoms with E-state index in [2.05, 4.69) is 19.9 Å². The normalized spacial score (nSPS) is 22.1. The highest BCUT2D eigenvalue weighted by Gasteiger charge is 2.50. The van der Waals surface area contributed by atoms with Gasteiger partial charge in [0.2, 0.25) is 0 Å². The molecule has 2 N–H and O–H groups in total. The van der Waals surface area contributed by atoms with E-state index in [4.69, 9.17) is 15.2 Å². The van der Waals surface area contributed by atoms with Gasteiger partial charge in [-0.15, -0.1) is 0 Å². The van der Waals surface area contributed by atoms with Crippen LogP contribution >= 0.6 is 0 Å². The van der Waals surface area contributed by atoms with Gasteiger partial charge in [-0.25, -0.2) is 0 Å². The van der Waals surface area contributed by atoms with Crippen molar-refractivity contribution in [2.45, 2.75) is 38.1 Å². The lowest BCUT2D eigenvalue weighted by Crippen LogP contribution is -2.33. The van der Waals surface area contributed by atoms with Gasteiger partial charge in [0.1, 0.15) is 13.2 Å². The topological polar surface area (TPSA) is 44.5 Å². The zero-order valence-corrected chi connectivity index (χ0v) is 10.5. The molecule has 1 aliphatic heterocycles. The van der Waals surface area contributed by atoms with Crippen molar-refractivity contribution in [2.24, 2.45) is 5.73 Å². The van der Waals surface area contributed by atoms with Gasteiger partial charge in [-0.3, -0.25) is 0 Å². The molecule has 0 radical (unpaired) electrons. The van der Waals surface area contributed by atoms with Crippen molar-refractivity contribution in [2.75, 3.05) is 13.2 Å². The van der Waals surface area contributed by atoms with Crippen molar-refractivity contribution < 1.29 is 9.47 Å². The molecule has 1 aromatic rings. The number of rotatable bonds is 2. The smallest absolute Gasteiger partial charge is 0.165 e. The van der Waals surface area contributed by atoms with E-state index in [1.807, 2.05) is 6.07 Å². The van der Waals surface area contributed by atoms with E-state index in [9.17, 15) is 0 Å². The predicted octanol–water partition coefficient (Wildman–Crippen LogP) is 2.15. The highest BCUT2D eigenvalue weighted by molar-refractivity contribution is 5.57. The van der Waals surface area contributed by atoms with Crippen LogP contribution < -0.4 is 15.2 Å². The highest BCUT2D eigenvalue weighted by Crippen LogP contribution is 2.56. The molecule has 2 aliphatic rings. The summed E-state index contributed by atoms with van der Waals surface area (Å²) >= 11 is 0. The number of hydrogen-bond acceptors (Lipinski definition) is 3. The van der Waals surface area contributed by atoms with Crippen molar-refractivity contribution in [3.63, 3.8) is 0 Å². The molecular formula is C14H19NO2. The van der Waals surface area contributed by atoms with Crippen LogP contribution in [0.25, 0.3) is 0 Å². The molecule has 1 fully saturated rings. The molecule has 1 unspecified atom stereocenters. The molecule has 92 valence electrons. The van der Waals surface area contributed by atoms with E-state index < -0.39 is 0 Å². The zero-order valence-electron chi connectivity index (χ0n) is 10.5. The fraction of sp³-hybridized carbons (Fsp3) is 0.571. The quantitative estimate of drug-likeness (QED) is 0.851. The second-order valence-corrected chi connectivity index (χ2v) is 5.23. The molecule has 1 heterocycles. The van der Waals surface area contributed by atoms with Gasteiger partial charge in [0.05, 0.1) is 0 Å². The molecule has 1 saturated carbocycles. The number of nitrogens with two attached hydrogens (primary N) is 1. The minimum Gasteiger partial charge on any atom is -0.486 e. The van der Waals surface area contributed by atoms with E-state index in [1.54, 1.807) is 0 Å². The molecule has 0 aromatic heterocycles. The Kier molecular flexibility index (Phi) is 2.33. The fourth-order valence-corrected chi connectivity index (χ4v) is 2.90. The summed E-state index contributed by atoms with van der Waals surface area (Å²) in [5, 5.41) is 0. The van der Waals surface area contributed by atoms with E-state index >= 15 is 0 Å². The second kappa shape index (κ2) is 3.64. The summed E-state index contributed by atoms with van der Waals surface area (Å²) in [6.07, 6.45) is 2.32. The molecule has 0 spiro atoms. The van der Waals surface area contributed by atoms with Crippen LogP contribution in [0.2, 0.25) is 0 Å². The van der Waals surface area contributed by atoms with Crippen LogP contribution in [0.4, 0.5) is 0 Å². The third kappa shape index (κ3) is 1.53. The number of benzene rings is 1. The van der Waals surface area contributed by atoms with Gasteiger partial charge in [0.15, 0.2) is 11.5 Å². The first-order valence-electron chi connectivity index (χ1n) is 6.30. The molecule has 0 bridgehead atoms. The Hall–Kier alpha value is -1.22. The second-order valence-electron chi connectivity index (χ2n) is 5.23. The first-order valence-corrected chi connectivity index (χ1v) is 6.30. The van der Waals surface area contributed by atoms with Gasteiger partial charge in [0.25, 0.3) is 0 Å².